The van der Waals surface area contributed by atoms with E-state index in [4.69, 9.17) is 11.0 Å². The van der Waals surface area contributed by atoms with Crippen molar-refractivity contribution in [3.8, 4) is 6.07 Å². The van der Waals surface area contributed by atoms with Crippen LogP contribution in [0, 0.1) is 16.7 Å². The third kappa shape index (κ3) is 5.72. The van der Waals surface area contributed by atoms with Crippen molar-refractivity contribution >= 4 is 27.5 Å². The molecule has 0 fully saturated rings. The summed E-state index contributed by atoms with van der Waals surface area (Å²) in [7, 11) is 0. The molecule has 0 aromatic heterocycles. The Bertz CT molecular complexity index is 529. The van der Waals surface area contributed by atoms with Gasteiger partial charge in [-0.05, 0) is 30.0 Å². The molecule has 20 heavy (non-hydrogen) atoms. The molecule has 0 saturated carbocycles. The summed E-state index contributed by atoms with van der Waals surface area (Å²) >= 11 is 3.29. The second-order valence-electron chi connectivity index (χ2n) is 6.08. The molecule has 1 rings (SSSR count). The molecular weight excluding hydrogens is 318 g/mol. The van der Waals surface area contributed by atoms with Crippen LogP contribution in [0.1, 0.15) is 39.2 Å². The van der Waals surface area contributed by atoms with E-state index in [-0.39, 0.29) is 23.8 Å². The molecule has 0 spiro atoms. The van der Waals surface area contributed by atoms with E-state index in [0.717, 1.165) is 10.9 Å². The third-order valence-corrected chi connectivity index (χ3v) is 3.19. The van der Waals surface area contributed by atoms with Gasteiger partial charge in [-0.1, -0.05) is 36.7 Å². The number of hydrogen-bond donors (Lipinski definition) is 2. The van der Waals surface area contributed by atoms with Crippen molar-refractivity contribution in [1.82, 2.24) is 0 Å². The van der Waals surface area contributed by atoms with Gasteiger partial charge in [0.1, 0.15) is 6.07 Å². The number of carbonyl (C=O) groups excluding carboxylic acids is 1. The molecule has 0 heterocycles. The monoisotopic (exact) mass is 337 g/mol. The van der Waals surface area contributed by atoms with E-state index in [1.165, 1.54) is 0 Å². The lowest BCUT2D eigenvalue weighted by molar-refractivity contribution is -0.116. The quantitative estimate of drug-likeness (QED) is 0.883. The average molecular weight is 338 g/mol. The summed E-state index contributed by atoms with van der Waals surface area (Å²) in [6, 6.07) is 7.03. The van der Waals surface area contributed by atoms with Gasteiger partial charge in [-0.15, -0.1) is 0 Å². The highest BCUT2D eigenvalue weighted by Gasteiger charge is 2.18. The molecule has 1 amide bonds. The third-order valence-electron chi connectivity index (χ3n) is 2.70. The van der Waals surface area contributed by atoms with Crippen molar-refractivity contribution in [1.29, 1.82) is 5.26 Å². The minimum Gasteiger partial charge on any atom is -0.327 e. The second kappa shape index (κ2) is 6.87. The fourth-order valence-electron chi connectivity index (χ4n) is 2.02. The summed E-state index contributed by atoms with van der Waals surface area (Å²) in [5.41, 5.74) is 7.01. The number of halogens is 1. The number of amides is 1. The number of rotatable bonds is 4. The zero-order valence-corrected chi connectivity index (χ0v) is 13.6. The van der Waals surface area contributed by atoms with Crippen molar-refractivity contribution in [2.24, 2.45) is 11.1 Å². The molecule has 1 aromatic rings. The molecule has 0 aliphatic rings. The molecule has 0 radical (unpaired) electrons. The number of hydrogen-bond acceptors (Lipinski definition) is 3. The first-order chi connectivity index (χ1) is 9.21. The molecule has 4 nitrogen and oxygen atoms in total. The predicted molar refractivity (Wildman–Crippen MR) is 84.2 cm³/mol. The first-order valence-electron chi connectivity index (χ1n) is 6.46. The number of nitriles is 1. The molecule has 0 aliphatic heterocycles. The number of nitrogens with one attached hydrogen (secondary N) is 1. The lowest BCUT2D eigenvalue weighted by Crippen LogP contribution is -2.31. The van der Waals surface area contributed by atoms with E-state index in [9.17, 15) is 4.79 Å². The highest BCUT2D eigenvalue weighted by molar-refractivity contribution is 9.10. The summed E-state index contributed by atoms with van der Waals surface area (Å²) in [4.78, 5) is 11.9. The first-order valence-corrected chi connectivity index (χ1v) is 7.25. The minimum absolute atomic E-state index is 0.0924. The van der Waals surface area contributed by atoms with Crippen LogP contribution >= 0.6 is 15.9 Å². The summed E-state index contributed by atoms with van der Waals surface area (Å²) in [5.74, 6) is -0.166. The van der Waals surface area contributed by atoms with E-state index in [1.54, 1.807) is 18.2 Å². The maximum Gasteiger partial charge on any atom is 0.225 e. The van der Waals surface area contributed by atoms with Crippen LogP contribution in [0.5, 0.6) is 0 Å². The van der Waals surface area contributed by atoms with Gasteiger partial charge in [0.15, 0.2) is 0 Å². The van der Waals surface area contributed by atoms with Crippen LogP contribution < -0.4 is 11.1 Å². The largest absolute Gasteiger partial charge is 0.327 e. The summed E-state index contributed by atoms with van der Waals surface area (Å²) in [5, 5.41) is 11.8. The van der Waals surface area contributed by atoms with Gasteiger partial charge in [-0.2, -0.15) is 5.26 Å². The Labute approximate surface area is 128 Å². The van der Waals surface area contributed by atoms with Gasteiger partial charge in [0, 0.05) is 16.9 Å². The molecule has 1 unspecified atom stereocenters. The number of nitrogens with two attached hydrogens (primary N) is 1. The summed E-state index contributed by atoms with van der Waals surface area (Å²) in [6.07, 6.45) is 1.02. The maximum atomic E-state index is 11.9. The molecule has 1 aromatic carbocycles. The Morgan fingerprint density at radius 1 is 1.50 bits per heavy atom. The van der Waals surface area contributed by atoms with Gasteiger partial charge < -0.3 is 11.1 Å². The normalized spacial score (nSPS) is 12.6. The smallest absolute Gasteiger partial charge is 0.225 e. The van der Waals surface area contributed by atoms with E-state index < -0.39 is 0 Å². The Morgan fingerprint density at radius 3 is 2.70 bits per heavy atom. The van der Waals surface area contributed by atoms with Crippen molar-refractivity contribution < 1.29 is 4.79 Å². The van der Waals surface area contributed by atoms with Crippen LogP contribution in [-0.2, 0) is 4.79 Å². The van der Waals surface area contributed by atoms with E-state index in [2.05, 4.69) is 48.1 Å². The Kier molecular flexibility index (Phi) is 5.73. The Balaban J connectivity index is 2.66. The highest BCUT2D eigenvalue weighted by Crippen LogP contribution is 2.23. The molecule has 0 saturated heterocycles. The van der Waals surface area contributed by atoms with E-state index >= 15 is 0 Å². The van der Waals surface area contributed by atoms with Gasteiger partial charge in [-0.3, -0.25) is 4.79 Å². The van der Waals surface area contributed by atoms with Crippen LogP contribution in [0.2, 0.25) is 0 Å². The van der Waals surface area contributed by atoms with Crippen molar-refractivity contribution in [3.05, 3.63) is 28.2 Å². The molecule has 0 aliphatic carbocycles. The summed E-state index contributed by atoms with van der Waals surface area (Å²) in [6.45, 7) is 6.27. The fourth-order valence-corrected chi connectivity index (χ4v) is 2.38. The van der Waals surface area contributed by atoms with Crippen LogP contribution in [0.4, 0.5) is 5.69 Å². The van der Waals surface area contributed by atoms with Gasteiger partial charge in [0.25, 0.3) is 0 Å². The number of carbonyl (C=O) groups is 1. The van der Waals surface area contributed by atoms with Crippen molar-refractivity contribution in [2.75, 3.05) is 5.32 Å². The standard InChI is InChI=1S/C15H20BrN3O/c1-15(2,3)8-12(18)7-14(20)19-13-5-4-11(16)6-10(13)9-17/h4-6,12H,7-8,18H2,1-3H3,(H,19,20). The molecule has 108 valence electrons. The average Bonchev–Trinajstić information content (AvgIpc) is 2.28. The molecular formula is C15H20BrN3O. The van der Waals surface area contributed by atoms with Crippen LogP contribution in [-0.4, -0.2) is 11.9 Å². The van der Waals surface area contributed by atoms with Crippen LogP contribution in [0.25, 0.3) is 0 Å². The van der Waals surface area contributed by atoms with Crippen LogP contribution in [0.3, 0.4) is 0 Å². The SMILES string of the molecule is CC(C)(C)CC(N)CC(=O)Nc1ccc(Br)cc1C#N. The van der Waals surface area contributed by atoms with Gasteiger partial charge in [0.05, 0.1) is 11.3 Å². The van der Waals surface area contributed by atoms with Crippen molar-refractivity contribution in [2.45, 2.75) is 39.7 Å². The van der Waals surface area contributed by atoms with Crippen LogP contribution in [0.15, 0.2) is 22.7 Å². The Morgan fingerprint density at radius 2 is 2.15 bits per heavy atom. The predicted octanol–water partition coefficient (Wildman–Crippen LogP) is 3.41. The fraction of sp³-hybridized carbons (Fsp3) is 0.467. The molecule has 3 N–H and O–H groups in total. The van der Waals surface area contributed by atoms with Gasteiger partial charge in [-0.25, -0.2) is 0 Å². The number of anilines is 1. The Hall–Kier alpha value is -1.38. The first kappa shape index (κ1) is 16.7. The lowest BCUT2D eigenvalue weighted by Gasteiger charge is -2.22. The molecule has 5 heteroatoms. The number of nitrogens with zero attached hydrogens (tertiary/aromatic N) is 1. The minimum atomic E-state index is -0.184. The second-order valence-corrected chi connectivity index (χ2v) is 6.99. The zero-order valence-electron chi connectivity index (χ0n) is 12.0. The molecule has 0 bridgehead atoms. The highest BCUT2D eigenvalue weighted by atomic mass is 79.9. The lowest BCUT2D eigenvalue weighted by atomic mass is 9.87. The van der Waals surface area contributed by atoms with Gasteiger partial charge in [0.2, 0.25) is 5.91 Å². The van der Waals surface area contributed by atoms with E-state index in [0.29, 0.717) is 11.3 Å². The maximum absolute atomic E-state index is 11.9. The zero-order chi connectivity index (χ0) is 15.3. The number of benzene rings is 1. The van der Waals surface area contributed by atoms with Gasteiger partial charge >= 0.3 is 0 Å². The van der Waals surface area contributed by atoms with Crippen molar-refractivity contribution in [3.63, 3.8) is 0 Å². The topological polar surface area (TPSA) is 78.9 Å². The van der Waals surface area contributed by atoms with E-state index in [1.807, 2.05) is 0 Å². The molecule has 1 atom stereocenters. The summed E-state index contributed by atoms with van der Waals surface area (Å²) < 4.78 is 0.802.